The van der Waals surface area contributed by atoms with Crippen molar-refractivity contribution in [3.8, 4) is 0 Å². The molecule has 1 aromatic rings. The third-order valence-electron chi connectivity index (χ3n) is 3.15. The summed E-state index contributed by atoms with van der Waals surface area (Å²) in [5.41, 5.74) is -0.152. The van der Waals surface area contributed by atoms with Gasteiger partial charge in [-0.25, -0.2) is 0 Å². The van der Waals surface area contributed by atoms with E-state index in [1.807, 2.05) is 0 Å². The summed E-state index contributed by atoms with van der Waals surface area (Å²) in [6.45, 7) is -0.368. The Hall–Kier alpha value is -1.95. The maximum atomic E-state index is 14.8. The maximum absolute atomic E-state index is 14.8. The van der Waals surface area contributed by atoms with Crippen molar-refractivity contribution >= 4 is 0 Å². The van der Waals surface area contributed by atoms with Gasteiger partial charge in [-0.05, 0) is 11.6 Å². The van der Waals surface area contributed by atoms with E-state index in [0.29, 0.717) is 5.56 Å². The number of aliphatic hydroxyl groups excluding tert-OH is 1. The zero-order valence-corrected chi connectivity index (χ0v) is 9.80. The van der Waals surface area contributed by atoms with Crippen molar-refractivity contribution in [2.45, 2.75) is 18.4 Å². The summed E-state index contributed by atoms with van der Waals surface area (Å²) in [4.78, 5) is 1.66. The van der Waals surface area contributed by atoms with Crippen LogP contribution in [0.25, 0.3) is 0 Å². The van der Waals surface area contributed by atoms with Gasteiger partial charge in [0.15, 0.2) is 0 Å². The number of halogens is 3. The van der Waals surface area contributed by atoms with Crippen molar-refractivity contribution in [1.29, 1.82) is 0 Å². The van der Waals surface area contributed by atoms with Crippen LogP contribution in [0.4, 0.5) is 13.2 Å². The van der Waals surface area contributed by atoms with Gasteiger partial charge in [0.05, 0.1) is 6.61 Å². The van der Waals surface area contributed by atoms with Crippen LogP contribution in [-0.4, -0.2) is 20.8 Å². The first kappa shape index (κ1) is 12.1. The topological polar surface area (TPSA) is 26.2 Å². The summed E-state index contributed by atoms with van der Waals surface area (Å²) in [6.07, 6.45) is 5.02. The average Bonchev–Trinajstić information content (AvgIpc) is 3.30. The van der Waals surface area contributed by atoms with E-state index in [0.717, 1.165) is 21.9 Å². The summed E-state index contributed by atoms with van der Waals surface area (Å²) >= 11 is 0. The smallest absolute Gasteiger partial charge is 0.345 e. The minimum atomic E-state index is -3.74. The van der Waals surface area contributed by atoms with Gasteiger partial charge < -0.3 is 5.11 Å². The fourth-order valence-corrected chi connectivity index (χ4v) is 1.97. The lowest BCUT2D eigenvalue weighted by molar-refractivity contribution is -0.231. The zero-order valence-electron chi connectivity index (χ0n) is 9.80. The first-order valence-corrected chi connectivity index (χ1v) is 5.70. The molecule has 0 unspecified atom stereocenters. The number of rotatable bonds is 5. The molecule has 3 nitrogen and oxygen atoms in total. The Morgan fingerprint density at radius 3 is 2.05 bits per heavy atom. The van der Waals surface area contributed by atoms with Crippen molar-refractivity contribution in [2.75, 3.05) is 0 Å². The lowest BCUT2D eigenvalue weighted by Crippen LogP contribution is -2.54. The van der Waals surface area contributed by atoms with Gasteiger partial charge in [0.2, 0.25) is 0 Å². The molecule has 19 heavy (non-hydrogen) atoms. The van der Waals surface area contributed by atoms with Gasteiger partial charge in [0.25, 0.3) is 0 Å². The van der Waals surface area contributed by atoms with Crippen LogP contribution in [0.2, 0.25) is 0 Å². The number of nitrogens with zero attached hydrogens (tertiary/aromatic N) is 2. The van der Waals surface area contributed by atoms with Crippen LogP contribution in [0, 0.1) is 0 Å². The van der Waals surface area contributed by atoms with Crippen LogP contribution in [0.3, 0.4) is 0 Å². The van der Waals surface area contributed by atoms with Crippen LogP contribution in [0.1, 0.15) is 11.1 Å². The fraction of sp³-hybridized carbons (Fsp3) is 0.231. The van der Waals surface area contributed by atoms with Gasteiger partial charge in [-0.1, -0.05) is 18.2 Å². The first-order chi connectivity index (χ1) is 9.00. The minimum Gasteiger partial charge on any atom is -0.392 e. The van der Waals surface area contributed by atoms with Gasteiger partial charge in [0.1, 0.15) is 0 Å². The van der Waals surface area contributed by atoms with Crippen molar-refractivity contribution in [3.05, 3.63) is 60.2 Å². The number of alkyl halides is 3. The second-order valence-corrected chi connectivity index (χ2v) is 4.43. The van der Waals surface area contributed by atoms with Crippen LogP contribution in [0.5, 0.6) is 0 Å². The van der Waals surface area contributed by atoms with Crippen molar-refractivity contribution in [3.63, 3.8) is 0 Å². The third kappa shape index (κ3) is 1.71. The van der Waals surface area contributed by atoms with Gasteiger partial charge >= 0.3 is 11.8 Å². The van der Waals surface area contributed by atoms with E-state index >= 15 is 0 Å². The molecule has 0 aromatic heterocycles. The van der Waals surface area contributed by atoms with E-state index < -0.39 is 17.4 Å². The first-order valence-electron chi connectivity index (χ1n) is 5.70. The normalized spacial score (nSPS) is 17.1. The second-order valence-electron chi connectivity index (χ2n) is 4.43. The molecule has 2 heterocycles. The number of hydrogen-bond donors (Lipinski definition) is 1. The van der Waals surface area contributed by atoms with Gasteiger partial charge in [-0.3, -0.25) is 9.80 Å². The summed E-state index contributed by atoms with van der Waals surface area (Å²) in [5.74, 6) is -6.70. The van der Waals surface area contributed by atoms with Gasteiger partial charge in [0, 0.05) is 30.4 Å². The van der Waals surface area contributed by atoms with E-state index in [1.54, 1.807) is 0 Å². The van der Waals surface area contributed by atoms with E-state index in [2.05, 4.69) is 0 Å². The van der Waals surface area contributed by atoms with E-state index in [9.17, 15) is 13.2 Å². The fourth-order valence-electron chi connectivity index (χ4n) is 1.97. The lowest BCUT2D eigenvalue weighted by atomic mass is 10.0. The Kier molecular flexibility index (Phi) is 2.40. The molecule has 1 aromatic carbocycles. The maximum Gasteiger partial charge on any atom is 0.345 e. The highest BCUT2D eigenvalue weighted by molar-refractivity contribution is 5.32. The molecular formula is C13H11F3N2O. The van der Waals surface area contributed by atoms with Gasteiger partial charge in [-0.15, -0.1) is 0 Å². The Morgan fingerprint density at radius 2 is 1.58 bits per heavy atom. The van der Waals surface area contributed by atoms with Crippen LogP contribution < -0.4 is 0 Å². The van der Waals surface area contributed by atoms with Crippen LogP contribution in [0.15, 0.2) is 49.1 Å². The molecule has 0 bridgehead atoms. The standard InChI is InChI=1S/C13H11F3N2O/c14-12(15,11-3-1-2-10(8-11)9-19)13(16,17-4-5-17)18-6-7-18/h1-8,19H,9H2. The largest absolute Gasteiger partial charge is 0.392 e. The molecule has 0 saturated heterocycles. The molecule has 0 spiro atoms. The number of aliphatic hydroxyl groups is 1. The van der Waals surface area contributed by atoms with Crippen molar-refractivity contribution in [1.82, 2.24) is 9.80 Å². The molecule has 0 fully saturated rings. The predicted molar refractivity (Wildman–Crippen MR) is 62.1 cm³/mol. The Balaban J connectivity index is 1.99. The summed E-state index contributed by atoms with van der Waals surface area (Å²) < 4.78 is 43.7. The van der Waals surface area contributed by atoms with Crippen molar-refractivity contribution < 1.29 is 18.3 Å². The molecule has 100 valence electrons. The molecule has 2 aliphatic heterocycles. The van der Waals surface area contributed by atoms with E-state index in [1.165, 1.54) is 36.9 Å². The lowest BCUT2D eigenvalue weighted by Gasteiger charge is -2.36. The monoisotopic (exact) mass is 268 g/mol. The second kappa shape index (κ2) is 3.77. The number of hydrogen-bond acceptors (Lipinski definition) is 3. The van der Waals surface area contributed by atoms with Crippen LogP contribution in [-0.2, 0) is 12.5 Å². The summed E-state index contributed by atoms with van der Waals surface area (Å²) in [7, 11) is 0. The Bertz CT molecular complexity index is 541. The highest BCUT2D eigenvalue weighted by atomic mass is 19.3. The summed E-state index contributed by atoms with van der Waals surface area (Å²) in [5, 5.41) is 8.99. The van der Waals surface area contributed by atoms with Gasteiger partial charge in [-0.2, -0.15) is 13.2 Å². The average molecular weight is 268 g/mol. The summed E-state index contributed by atoms with van der Waals surface area (Å²) in [6, 6.07) is 5.15. The number of benzene rings is 1. The molecule has 1 N–H and O–H groups in total. The molecule has 0 saturated carbocycles. The molecule has 0 aliphatic carbocycles. The zero-order chi connectivity index (χ0) is 13.7. The highest BCUT2D eigenvalue weighted by Crippen LogP contribution is 2.51. The molecule has 0 radical (unpaired) electrons. The van der Waals surface area contributed by atoms with Crippen molar-refractivity contribution in [2.24, 2.45) is 0 Å². The van der Waals surface area contributed by atoms with E-state index in [-0.39, 0.29) is 6.61 Å². The molecule has 2 aliphatic rings. The van der Waals surface area contributed by atoms with E-state index in [4.69, 9.17) is 5.11 Å². The Morgan fingerprint density at radius 1 is 1.00 bits per heavy atom. The molecular weight excluding hydrogens is 257 g/mol. The minimum absolute atomic E-state index is 0.317. The quantitative estimate of drug-likeness (QED) is 0.831. The SMILES string of the molecule is OCc1cccc(C(F)(F)C(F)(N2C=C2)N2C=C2)c1. The molecule has 3 rings (SSSR count). The third-order valence-corrected chi connectivity index (χ3v) is 3.15. The highest BCUT2D eigenvalue weighted by Gasteiger charge is 2.65. The predicted octanol–water partition coefficient (Wildman–Crippen LogP) is 2.47. The molecule has 0 amide bonds. The molecule has 6 heteroatoms. The van der Waals surface area contributed by atoms with Crippen LogP contribution >= 0.6 is 0 Å². The Labute approximate surface area is 107 Å². The molecule has 0 atom stereocenters.